The summed E-state index contributed by atoms with van der Waals surface area (Å²) in [6.45, 7) is 0.461. The monoisotopic (exact) mass is 443 g/mol. The van der Waals surface area contributed by atoms with Crippen molar-refractivity contribution in [3.63, 3.8) is 0 Å². The van der Waals surface area contributed by atoms with Crippen LogP contribution in [0.3, 0.4) is 0 Å². The first-order valence-corrected chi connectivity index (χ1v) is 10.0. The smallest absolute Gasteiger partial charge is 0.166 e. The third-order valence-corrected chi connectivity index (χ3v) is 5.35. The Labute approximate surface area is 187 Å². The van der Waals surface area contributed by atoms with Gasteiger partial charge in [-0.15, -0.1) is 0 Å². The summed E-state index contributed by atoms with van der Waals surface area (Å²) >= 11 is 6.51. The molecule has 0 heterocycles. The molecule has 3 aromatic rings. The largest absolute Gasteiger partial charge is 0.497 e. The van der Waals surface area contributed by atoms with Crippen LogP contribution >= 0.6 is 11.6 Å². The lowest BCUT2D eigenvalue weighted by Gasteiger charge is -2.22. The number of aliphatic hydroxyl groups is 1. The summed E-state index contributed by atoms with van der Waals surface area (Å²) in [6, 6.07) is 16.4. The number of rotatable bonds is 9. The molecule has 0 aliphatic carbocycles. The number of anilines is 1. The molecule has 0 aliphatic heterocycles. The van der Waals surface area contributed by atoms with E-state index in [1.807, 2.05) is 30.3 Å². The minimum absolute atomic E-state index is 0.434. The fraction of sp³-hybridized carbons (Fsp3) is 0.250. The maximum atomic E-state index is 11.3. The topological polar surface area (TPSA) is 69.2 Å². The van der Waals surface area contributed by atoms with Gasteiger partial charge in [-0.3, -0.25) is 0 Å². The van der Waals surface area contributed by atoms with Gasteiger partial charge in [-0.2, -0.15) is 0 Å². The third kappa shape index (κ3) is 4.81. The number of halogens is 1. The van der Waals surface area contributed by atoms with E-state index in [2.05, 4.69) is 5.32 Å². The molecular weight excluding hydrogens is 418 g/mol. The van der Waals surface area contributed by atoms with E-state index in [4.69, 9.17) is 30.5 Å². The van der Waals surface area contributed by atoms with Crippen LogP contribution in [0.1, 0.15) is 22.8 Å². The van der Waals surface area contributed by atoms with Gasteiger partial charge in [0.15, 0.2) is 11.5 Å². The second kappa shape index (κ2) is 10.3. The Morgan fingerprint density at radius 1 is 0.871 bits per heavy atom. The Balaban J connectivity index is 1.95. The minimum atomic E-state index is -1.03. The third-order valence-electron chi connectivity index (χ3n) is 5.02. The molecule has 0 aromatic heterocycles. The molecule has 2 N–H and O–H groups in total. The highest BCUT2D eigenvalue weighted by atomic mass is 35.5. The van der Waals surface area contributed by atoms with Crippen LogP contribution in [-0.2, 0) is 6.54 Å². The number of aliphatic hydroxyl groups excluding tert-OH is 1. The van der Waals surface area contributed by atoms with E-state index in [1.54, 1.807) is 45.6 Å². The molecule has 0 bridgehead atoms. The predicted molar refractivity (Wildman–Crippen MR) is 122 cm³/mol. The summed E-state index contributed by atoms with van der Waals surface area (Å²) in [5.41, 5.74) is 2.73. The molecule has 164 valence electrons. The number of benzene rings is 3. The van der Waals surface area contributed by atoms with Gasteiger partial charge in [-0.05, 0) is 30.3 Å². The second-order valence-electron chi connectivity index (χ2n) is 6.72. The Morgan fingerprint density at radius 2 is 1.61 bits per heavy atom. The first-order chi connectivity index (χ1) is 15.0. The first kappa shape index (κ1) is 22.6. The van der Waals surface area contributed by atoms with Crippen LogP contribution in [0.25, 0.3) is 0 Å². The lowest BCUT2D eigenvalue weighted by Crippen LogP contribution is -2.09. The number of methoxy groups -OCH3 is 4. The van der Waals surface area contributed by atoms with E-state index in [9.17, 15) is 5.11 Å². The molecule has 31 heavy (non-hydrogen) atoms. The molecule has 0 amide bonds. The number of para-hydroxylation sites is 1. The highest BCUT2D eigenvalue weighted by Gasteiger charge is 2.23. The molecule has 1 unspecified atom stereocenters. The summed E-state index contributed by atoms with van der Waals surface area (Å²) in [7, 11) is 6.32. The van der Waals surface area contributed by atoms with Crippen LogP contribution in [-0.4, -0.2) is 33.5 Å². The molecule has 0 radical (unpaired) electrons. The van der Waals surface area contributed by atoms with Crippen molar-refractivity contribution in [2.45, 2.75) is 12.6 Å². The summed E-state index contributed by atoms with van der Waals surface area (Å²) in [5.74, 6) is 2.40. The molecule has 0 saturated heterocycles. The fourth-order valence-electron chi connectivity index (χ4n) is 3.44. The van der Waals surface area contributed by atoms with Crippen LogP contribution in [0.2, 0.25) is 5.02 Å². The Bertz CT molecular complexity index is 1040. The molecule has 3 aromatic carbocycles. The predicted octanol–water partition coefficient (Wildman–Crippen LogP) is 5.07. The lowest BCUT2D eigenvalue weighted by atomic mass is 9.98. The lowest BCUT2D eigenvalue weighted by molar-refractivity contribution is 0.213. The Morgan fingerprint density at radius 3 is 2.29 bits per heavy atom. The van der Waals surface area contributed by atoms with Crippen molar-refractivity contribution in [2.75, 3.05) is 33.8 Å². The molecular formula is C24H26ClNO5. The van der Waals surface area contributed by atoms with E-state index in [0.29, 0.717) is 51.4 Å². The molecule has 7 heteroatoms. The van der Waals surface area contributed by atoms with Crippen LogP contribution in [0, 0.1) is 0 Å². The van der Waals surface area contributed by atoms with Crippen molar-refractivity contribution >= 4 is 17.3 Å². The van der Waals surface area contributed by atoms with Gasteiger partial charge in [0.25, 0.3) is 0 Å². The number of hydrogen-bond acceptors (Lipinski definition) is 6. The van der Waals surface area contributed by atoms with Crippen molar-refractivity contribution < 1.29 is 24.1 Å². The zero-order chi connectivity index (χ0) is 22.4. The van der Waals surface area contributed by atoms with Crippen LogP contribution in [0.4, 0.5) is 5.69 Å². The van der Waals surface area contributed by atoms with Gasteiger partial charge >= 0.3 is 0 Å². The molecule has 3 rings (SSSR count). The quantitative estimate of drug-likeness (QED) is 0.481. The molecule has 1 atom stereocenters. The van der Waals surface area contributed by atoms with E-state index in [-0.39, 0.29) is 0 Å². The second-order valence-corrected chi connectivity index (χ2v) is 7.12. The van der Waals surface area contributed by atoms with E-state index < -0.39 is 6.10 Å². The van der Waals surface area contributed by atoms with E-state index in [0.717, 1.165) is 5.56 Å². The Kier molecular flexibility index (Phi) is 7.50. The average Bonchev–Trinajstić information content (AvgIpc) is 2.81. The molecule has 0 spiro atoms. The molecule has 0 saturated carbocycles. The van der Waals surface area contributed by atoms with Gasteiger partial charge in [0.05, 0.1) is 28.4 Å². The first-order valence-electron chi connectivity index (χ1n) is 9.66. The summed E-state index contributed by atoms with van der Waals surface area (Å²) in [5, 5.41) is 15.0. The zero-order valence-electron chi connectivity index (χ0n) is 17.9. The number of hydrogen-bond donors (Lipinski definition) is 2. The van der Waals surface area contributed by atoms with Crippen LogP contribution < -0.4 is 24.3 Å². The van der Waals surface area contributed by atoms with Gasteiger partial charge < -0.3 is 29.4 Å². The molecule has 6 nitrogen and oxygen atoms in total. The fourth-order valence-corrected chi connectivity index (χ4v) is 3.72. The van der Waals surface area contributed by atoms with E-state index in [1.165, 1.54) is 7.11 Å². The van der Waals surface area contributed by atoms with Gasteiger partial charge in [0, 0.05) is 40.0 Å². The van der Waals surface area contributed by atoms with Gasteiger partial charge in [0.2, 0.25) is 0 Å². The summed E-state index contributed by atoms with van der Waals surface area (Å²) in [4.78, 5) is 0. The van der Waals surface area contributed by atoms with Crippen molar-refractivity contribution in [3.8, 4) is 23.0 Å². The van der Waals surface area contributed by atoms with Crippen LogP contribution in [0.5, 0.6) is 23.0 Å². The number of nitrogens with one attached hydrogen (secondary N) is 1. The maximum absolute atomic E-state index is 11.3. The maximum Gasteiger partial charge on any atom is 0.166 e. The van der Waals surface area contributed by atoms with Crippen molar-refractivity contribution in [2.24, 2.45) is 0 Å². The number of ether oxygens (including phenoxy) is 4. The highest BCUT2D eigenvalue weighted by molar-refractivity contribution is 6.31. The van der Waals surface area contributed by atoms with Gasteiger partial charge in [-0.25, -0.2) is 0 Å². The average molecular weight is 444 g/mol. The van der Waals surface area contributed by atoms with Crippen molar-refractivity contribution in [1.29, 1.82) is 0 Å². The standard InChI is InChI=1S/C24H26ClNO5/c1-28-16-12-11-15(21(13-16)30-3)14-26-19-9-6-8-18(25)22(19)23(27)17-7-5-10-20(29-2)24(17)31-4/h5-13,23,26-27H,14H2,1-4H3. The highest BCUT2D eigenvalue weighted by Crippen LogP contribution is 2.41. The van der Waals surface area contributed by atoms with Crippen LogP contribution in [0.15, 0.2) is 54.6 Å². The SMILES string of the molecule is COc1ccc(CNc2cccc(Cl)c2C(O)c2cccc(OC)c2OC)c(OC)c1. The van der Waals surface area contributed by atoms with Gasteiger partial charge in [0.1, 0.15) is 17.6 Å². The van der Waals surface area contributed by atoms with E-state index >= 15 is 0 Å². The summed E-state index contributed by atoms with van der Waals surface area (Å²) < 4.78 is 21.6. The molecule has 0 fully saturated rings. The summed E-state index contributed by atoms with van der Waals surface area (Å²) in [6.07, 6.45) is -1.03. The normalized spacial score (nSPS) is 11.5. The van der Waals surface area contributed by atoms with Gasteiger partial charge in [-0.1, -0.05) is 29.8 Å². The minimum Gasteiger partial charge on any atom is -0.497 e. The molecule has 0 aliphatic rings. The van der Waals surface area contributed by atoms with Crippen molar-refractivity contribution in [3.05, 3.63) is 76.3 Å². The zero-order valence-corrected chi connectivity index (χ0v) is 18.7. The van der Waals surface area contributed by atoms with Crippen molar-refractivity contribution in [1.82, 2.24) is 0 Å². The Hall–Kier alpha value is -3.09.